The number of methoxy groups -OCH3 is 1. The van der Waals surface area contributed by atoms with Crippen molar-refractivity contribution in [3.05, 3.63) is 60.2 Å². The Bertz CT molecular complexity index is 854. The van der Waals surface area contributed by atoms with Gasteiger partial charge in [0.15, 0.2) is 0 Å². The number of carbonyl (C=O) groups excluding carboxylic acids is 2. The lowest BCUT2D eigenvalue weighted by molar-refractivity contribution is 0.0635. The maximum absolute atomic E-state index is 12.7. The van der Waals surface area contributed by atoms with Gasteiger partial charge in [-0.3, -0.25) is 10.1 Å². The smallest absolute Gasteiger partial charge is 0.412 e. The molecule has 0 spiro atoms. The van der Waals surface area contributed by atoms with Gasteiger partial charge in [-0.1, -0.05) is 24.8 Å². The zero-order valence-corrected chi connectivity index (χ0v) is 16.0. The van der Waals surface area contributed by atoms with Gasteiger partial charge in [-0.15, -0.1) is 0 Å². The molecule has 0 unspecified atom stereocenters. The summed E-state index contributed by atoms with van der Waals surface area (Å²) in [5, 5.41) is 5.45. The van der Waals surface area contributed by atoms with Crippen LogP contribution in [0.15, 0.2) is 49.0 Å². The molecule has 6 nitrogen and oxygen atoms in total. The number of hydrogen-bond donors (Lipinski definition) is 2. The zero-order chi connectivity index (χ0) is 20.0. The second-order valence-corrected chi connectivity index (χ2v) is 6.83. The Morgan fingerprint density at radius 3 is 2.22 bits per heavy atom. The molecule has 0 aliphatic rings. The molecule has 2 aromatic carbocycles. The summed E-state index contributed by atoms with van der Waals surface area (Å²) in [6.07, 6.45) is 1.04. The number of benzene rings is 2. The van der Waals surface area contributed by atoms with Crippen molar-refractivity contribution in [2.45, 2.75) is 26.4 Å². The first-order valence-electron chi connectivity index (χ1n) is 8.44. The van der Waals surface area contributed by atoms with Gasteiger partial charge in [0, 0.05) is 5.56 Å². The molecule has 0 bridgehead atoms. The highest BCUT2D eigenvalue weighted by Gasteiger charge is 2.18. The average molecular weight is 368 g/mol. The van der Waals surface area contributed by atoms with E-state index in [1.165, 1.54) is 7.11 Å². The van der Waals surface area contributed by atoms with Crippen LogP contribution >= 0.6 is 0 Å². The number of amides is 2. The highest BCUT2D eigenvalue weighted by atomic mass is 16.6. The van der Waals surface area contributed by atoms with Crippen LogP contribution in [0.25, 0.3) is 6.08 Å². The molecule has 6 heteroatoms. The van der Waals surface area contributed by atoms with Crippen LogP contribution in [0.1, 0.15) is 36.7 Å². The minimum atomic E-state index is -0.621. The Morgan fingerprint density at radius 1 is 1.04 bits per heavy atom. The molecule has 0 heterocycles. The van der Waals surface area contributed by atoms with Crippen LogP contribution < -0.4 is 15.4 Å². The molecular formula is C21H24N2O4. The van der Waals surface area contributed by atoms with Crippen LogP contribution in [-0.2, 0) is 4.74 Å². The summed E-state index contributed by atoms with van der Waals surface area (Å²) in [7, 11) is 1.53. The predicted molar refractivity (Wildman–Crippen MR) is 107 cm³/mol. The molecule has 2 rings (SSSR count). The molecule has 0 radical (unpaired) electrons. The third-order valence-corrected chi connectivity index (χ3v) is 3.47. The van der Waals surface area contributed by atoms with E-state index in [1.807, 2.05) is 0 Å². The average Bonchev–Trinajstić information content (AvgIpc) is 2.61. The molecule has 0 atom stereocenters. The van der Waals surface area contributed by atoms with Gasteiger partial charge < -0.3 is 14.8 Å². The largest absolute Gasteiger partial charge is 0.497 e. The molecule has 0 aliphatic carbocycles. The SMILES string of the molecule is C=Cc1cc(OC)cc(C(=O)Nc2ccccc2NC(=O)OC(C)(C)C)c1. The van der Waals surface area contributed by atoms with E-state index in [0.717, 1.165) is 5.56 Å². The van der Waals surface area contributed by atoms with Crippen molar-refractivity contribution in [1.29, 1.82) is 0 Å². The third kappa shape index (κ3) is 5.88. The summed E-state index contributed by atoms with van der Waals surface area (Å²) in [6, 6.07) is 12.0. The molecule has 0 aliphatic heterocycles. The molecule has 142 valence electrons. The van der Waals surface area contributed by atoms with E-state index in [2.05, 4.69) is 17.2 Å². The quantitative estimate of drug-likeness (QED) is 0.784. The fourth-order valence-corrected chi connectivity index (χ4v) is 2.30. The monoisotopic (exact) mass is 368 g/mol. The van der Waals surface area contributed by atoms with E-state index >= 15 is 0 Å². The van der Waals surface area contributed by atoms with Gasteiger partial charge in [0.25, 0.3) is 5.91 Å². The molecule has 2 N–H and O–H groups in total. The molecule has 27 heavy (non-hydrogen) atoms. The second-order valence-electron chi connectivity index (χ2n) is 6.83. The van der Waals surface area contributed by atoms with Crippen molar-refractivity contribution in [2.24, 2.45) is 0 Å². The molecular weight excluding hydrogens is 344 g/mol. The van der Waals surface area contributed by atoms with Gasteiger partial charge in [-0.05, 0) is 56.7 Å². The maximum atomic E-state index is 12.7. The number of para-hydroxylation sites is 2. The number of carbonyl (C=O) groups is 2. The van der Waals surface area contributed by atoms with Crippen LogP contribution in [-0.4, -0.2) is 24.7 Å². The molecule has 0 fully saturated rings. The van der Waals surface area contributed by atoms with E-state index in [0.29, 0.717) is 22.7 Å². The van der Waals surface area contributed by atoms with Crippen molar-refractivity contribution in [3.8, 4) is 5.75 Å². The van der Waals surface area contributed by atoms with E-state index in [4.69, 9.17) is 9.47 Å². The number of rotatable bonds is 5. The highest BCUT2D eigenvalue weighted by molar-refractivity contribution is 6.07. The number of ether oxygens (including phenoxy) is 2. The summed E-state index contributed by atoms with van der Waals surface area (Å²) in [5.74, 6) is 0.216. The second kappa shape index (κ2) is 8.40. The summed E-state index contributed by atoms with van der Waals surface area (Å²) in [4.78, 5) is 24.7. The van der Waals surface area contributed by atoms with E-state index in [-0.39, 0.29) is 5.91 Å². The Labute approximate surface area is 159 Å². The van der Waals surface area contributed by atoms with E-state index in [9.17, 15) is 9.59 Å². The van der Waals surface area contributed by atoms with Crippen molar-refractivity contribution >= 4 is 29.5 Å². The van der Waals surface area contributed by atoms with Gasteiger partial charge >= 0.3 is 6.09 Å². The first-order chi connectivity index (χ1) is 12.7. The fraction of sp³-hybridized carbons (Fsp3) is 0.238. The topological polar surface area (TPSA) is 76.7 Å². The van der Waals surface area contributed by atoms with Crippen molar-refractivity contribution in [2.75, 3.05) is 17.7 Å². The normalized spacial score (nSPS) is 10.7. The van der Waals surface area contributed by atoms with E-state index in [1.54, 1.807) is 69.3 Å². The lowest BCUT2D eigenvalue weighted by atomic mass is 10.1. The van der Waals surface area contributed by atoms with Crippen LogP contribution in [0.3, 0.4) is 0 Å². The van der Waals surface area contributed by atoms with Crippen molar-refractivity contribution in [3.63, 3.8) is 0 Å². The molecule has 0 aromatic heterocycles. The number of hydrogen-bond acceptors (Lipinski definition) is 4. The fourth-order valence-electron chi connectivity index (χ4n) is 2.30. The van der Waals surface area contributed by atoms with E-state index < -0.39 is 11.7 Å². The molecule has 0 saturated carbocycles. The Morgan fingerprint density at radius 2 is 1.67 bits per heavy atom. The van der Waals surface area contributed by atoms with Gasteiger partial charge in [0.05, 0.1) is 18.5 Å². The molecule has 2 amide bonds. The zero-order valence-electron chi connectivity index (χ0n) is 16.0. The van der Waals surface area contributed by atoms with Crippen LogP contribution in [0.5, 0.6) is 5.75 Å². The van der Waals surface area contributed by atoms with Crippen LogP contribution in [0, 0.1) is 0 Å². The van der Waals surface area contributed by atoms with Crippen LogP contribution in [0.2, 0.25) is 0 Å². The summed E-state index contributed by atoms with van der Waals surface area (Å²) >= 11 is 0. The molecule has 0 saturated heterocycles. The van der Waals surface area contributed by atoms with Crippen LogP contribution in [0.4, 0.5) is 16.2 Å². The standard InChI is InChI=1S/C21H24N2O4/c1-6-14-11-15(13-16(12-14)26-5)19(24)22-17-9-7-8-10-18(17)23-20(25)27-21(2,3)4/h6-13H,1H2,2-5H3,(H,22,24)(H,23,25). The van der Waals surface area contributed by atoms with Gasteiger partial charge in [0.1, 0.15) is 11.4 Å². The predicted octanol–water partition coefficient (Wildman–Crippen LogP) is 4.94. The minimum absolute atomic E-state index is 0.338. The summed E-state index contributed by atoms with van der Waals surface area (Å²) in [6.45, 7) is 9.05. The Kier molecular flexibility index (Phi) is 6.23. The van der Waals surface area contributed by atoms with Gasteiger partial charge in [-0.2, -0.15) is 0 Å². The Balaban J connectivity index is 2.22. The lowest BCUT2D eigenvalue weighted by Gasteiger charge is -2.20. The first-order valence-corrected chi connectivity index (χ1v) is 8.44. The summed E-state index contributed by atoms with van der Waals surface area (Å²) in [5.41, 5.74) is 1.45. The van der Waals surface area contributed by atoms with Gasteiger partial charge in [0.2, 0.25) is 0 Å². The highest BCUT2D eigenvalue weighted by Crippen LogP contribution is 2.24. The summed E-state index contributed by atoms with van der Waals surface area (Å²) < 4.78 is 10.5. The minimum Gasteiger partial charge on any atom is -0.497 e. The third-order valence-electron chi connectivity index (χ3n) is 3.47. The lowest BCUT2D eigenvalue weighted by Crippen LogP contribution is -2.27. The molecule has 2 aromatic rings. The Hall–Kier alpha value is -3.28. The van der Waals surface area contributed by atoms with Gasteiger partial charge in [-0.25, -0.2) is 4.79 Å². The van der Waals surface area contributed by atoms with Crippen molar-refractivity contribution < 1.29 is 19.1 Å². The van der Waals surface area contributed by atoms with Crippen molar-refractivity contribution in [1.82, 2.24) is 0 Å². The number of anilines is 2. The first kappa shape index (κ1) is 20.0. The maximum Gasteiger partial charge on any atom is 0.412 e. The number of nitrogens with one attached hydrogen (secondary N) is 2.